The van der Waals surface area contributed by atoms with Crippen molar-refractivity contribution in [2.45, 2.75) is 13.0 Å². The molecule has 1 saturated heterocycles. The summed E-state index contributed by atoms with van der Waals surface area (Å²) in [5.74, 6) is 0.320. The number of anilines is 1. The summed E-state index contributed by atoms with van der Waals surface area (Å²) < 4.78 is 24.0. The lowest BCUT2D eigenvalue weighted by Crippen LogP contribution is -2.49. The minimum Gasteiger partial charge on any atom is -0.491 e. The van der Waals surface area contributed by atoms with E-state index in [0.717, 1.165) is 42.8 Å². The lowest BCUT2D eigenvalue weighted by molar-refractivity contribution is 0.0663. The molecule has 4 rings (SSSR count). The maximum atomic E-state index is 13.1. The number of piperazine rings is 1. The van der Waals surface area contributed by atoms with Gasteiger partial charge in [-0.25, -0.2) is 9.18 Å². The molecule has 0 aliphatic carbocycles. The molecule has 0 saturated carbocycles. The van der Waals surface area contributed by atoms with Gasteiger partial charge in [0.25, 0.3) is 0 Å². The molecule has 1 N–H and O–H groups in total. The van der Waals surface area contributed by atoms with Crippen molar-refractivity contribution in [3.05, 3.63) is 70.3 Å². The Kier molecular flexibility index (Phi) is 6.01. The topological polar surface area (TPSA) is 66.2 Å². The van der Waals surface area contributed by atoms with Crippen LogP contribution < -0.4 is 15.3 Å². The summed E-state index contributed by atoms with van der Waals surface area (Å²) in [6, 6.07) is 13.3. The molecule has 0 amide bonds. The summed E-state index contributed by atoms with van der Waals surface area (Å²) in [4.78, 5) is 16.0. The first-order valence-corrected chi connectivity index (χ1v) is 10.1. The molecule has 158 valence electrons. The molecule has 1 fully saturated rings. The van der Waals surface area contributed by atoms with Gasteiger partial charge in [0, 0.05) is 55.9 Å². The van der Waals surface area contributed by atoms with Gasteiger partial charge in [0.1, 0.15) is 29.9 Å². The summed E-state index contributed by atoms with van der Waals surface area (Å²) in [7, 11) is 0. The van der Waals surface area contributed by atoms with Crippen molar-refractivity contribution >= 4 is 16.7 Å². The van der Waals surface area contributed by atoms with Crippen molar-refractivity contribution in [3.8, 4) is 5.75 Å². The zero-order valence-electron chi connectivity index (χ0n) is 16.9. The van der Waals surface area contributed by atoms with Crippen molar-refractivity contribution in [3.63, 3.8) is 0 Å². The highest BCUT2D eigenvalue weighted by atomic mass is 19.1. The molecule has 1 aromatic heterocycles. The highest BCUT2D eigenvalue weighted by molar-refractivity contribution is 5.81. The van der Waals surface area contributed by atoms with E-state index in [1.54, 1.807) is 18.2 Å². The summed E-state index contributed by atoms with van der Waals surface area (Å²) in [5.41, 5.74) is 1.95. The van der Waals surface area contributed by atoms with Crippen LogP contribution in [-0.2, 0) is 0 Å². The van der Waals surface area contributed by atoms with Crippen LogP contribution in [0.3, 0.4) is 0 Å². The number of aliphatic hydroxyl groups excluding tert-OH is 1. The molecular formula is C23H25FN2O4. The highest BCUT2D eigenvalue weighted by Gasteiger charge is 2.20. The van der Waals surface area contributed by atoms with Gasteiger partial charge in [0.05, 0.1) is 0 Å². The molecule has 0 bridgehead atoms. The molecule has 2 heterocycles. The molecule has 0 radical (unpaired) electrons. The van der Waals surface area contributed by atoms with E-state index in [0.29, 0.717) is 17.9 Å². The van der Waals surface area contributed by atoms with E-state index in [9.17, 15) is 14.3 Å². The molecule has 1 atom stereocenters. The Morgan fingerprint density at radius 2 is 1.83 bits per heavy atom. The third kappa shape index (κ3) is 4.80. The second-order valence-electron chi connectivity index (χ2n) is 7.64. The Labute approximate surface area is 174 Å². The Bertz CT molecular complexity index is 1060. The fraction of sp³-hybridized carbons (Fsp3) is 0.348. The van der Waals surface area contributed by atoms with Crippen LogP contribution in [0.15, 0.2) is 57.7 Å². The monoisotopic (exact) mass is 412 g/mol. The van der Waals surface area contributed by atoms with Gasteiger partial charge in [-0.1, -0.05) is 0 Å². The normalized spacial score (nSPS) is 16.0. The average Bonchev–Trinajstić information content (AvgIpc) is 2.73. The van der Waals surface area contributed by atoms with Crippen LogP contribution in [0.2, 0.25) is 0 Å². The van der Waals surface area contributed by atoms with Crippen molar-refractivity contribution in [2.75, 3.05) is 44.2 Å². The van der Waals surface area contributed by atoms with E-state index in [1.807, 2.05) is 19.1 Å². The molecule has 1 aliphatic heterocycles. The second kappa shape index (κ2) is 8.85. The van der Waals surface area contributed by atoms with Gasteiger partial charge in [-0.3, -0.25) is 4.90 Å². The first kappa shape index (κ1) is 20.4. The van der Waals surface area contributed by atoms with Crippen LogP contribution in [0.4, 0.5) is 10.1 Å². The molecule has 7 heteroatoms. The van der Waals surface area contributed by atoms with E-state index in [1.165, 1.54) is 18.2 Å². The van der Waals surface area contributed by atoms with Crippen LogP contribution in [0.25, 0.3) is 11.0 Å². The fourth-order valence-corrected chi connectivity index (χ4v) is 3.78. The van der Waals surface area contributed by atoms with Gasteiger partial charge in [0.15, 0.2) is 0 Å². The quantitative estimate of drug-likeness (QED) is 0.628. The van der Waals surface area contributed by atoms with Crippen LogP contribution in [-0.4, -0.2) is 55.4 Å². The summed E-state index contributed by atoms with van der Waals surface area (Å²) in [6.07, 6.45) is -0.636. The maximum Gasteiger partial charge on any atom is 0.336 e. The van der Waals surface area contributed by atoms with Crippen molar-refractivity contribution in [1.82, 2.24) is 4.90 Å². The number of hydrogen-bond acceptors (Lipinski definition) is 6. The largest absolute Gasteiger partial charge is 0.491 e. The van der Waals surface area contributed by atoms with Gasteiger partial charge in [-0.2, -0.15) is 0 Å². The van der Waals surface area contributed by atoms with Gasteiger partial charge in [0.2, 0.25) is 0 Å². The second-order valence-corrected chi connectivity index (χ2v) is 7.64. The van der Waals surface area contributed by atoms with Crippen LogP contribution in [0.5, 0.6) is 5.75 Å². The smallest absolute Gasteiger partial charge is 0.336 e. The zero-order valence-corrected chi connectivity index (χ0v) is 16.9. The van der Waals surface area contributed by atoms with Crippen molar-refractivity contribution in [1.29, 1.82) is 0 Å². The zero-order chi connectivity index (χ0) is 21.1. The molecule has 0 unspecified atom stereocenters. The molecule has 3 aromatic rings. The number of nitrogens with zero attached hydrogens (tertiary/aromatic N) is 2. The molecule has 30 heavy (non-hydrogen) atoms. The van der Waals surface area contributed by atoms with Gasteiger partial charge in [-0.05, 0) is 48.9 Å². The standard InChI is InChI=1S/C23H25FN2O4/c1-16-12-23(28)30-22-13-20(6-7-21(16)22)29-15-19(27)14-25-8-10-26(11-9-25)18-4-2-17(24)3-5-18/h2-7,12-13,19,27H,8-11,14-15H2,1H3/t19-/m1/s1. The number of β-amino-alcohol motifs (C(OH)–C–C–N with tert-alkyl or cyclic N) is 1. The van der Waals surface area contributed by atoms with E-state index < -0.39 is 11.7 Å². The Hall–Kier alpha value is -2.90. The lowest BCUT2D eigenvalue weighted by atomic mass is 10.1. The SMILES string of the molecule is Cc1cc(=O)oc2cc(OC[C@H](O)CN3CCN(c4ccc(F)cc4)CC3)ccc12. The first-order valence-electron chi connectivity index (χ1n) is 10.1. The minimum atomic E-state index is -0.636. The van der Waals surface area contributed by atoms with Crippen LogP contribution in [0.1, 0.15) is 5.56 Å². The van der Waals surface area contributed by atoms with E-state index in [-0.39, 0.29) is 12.4 Å². The van der Waals surface area contributed by atoms with Gasteiger partial charge in [-0.15, -0.1) is 0 Å². The van der Waals surface area contributed by atoms with Gasteiger partial charge >= 0.3 is 5.63 Å². The average molecular weight is 412 g/mol. The summed E-state index contributed by atoms with van der Waals surface area (Å²) >= 11 is 0. The molecule has 0 spiro atoms. The van der Waals surface area contributed by atoms with E-state index >= 15 is 0 Å². The molecule has 1 aliphatic rings. The third-order valence-corrected chi connectivity index (χ3v) is 5.40. The maximum absolute atomic E-state index is 13.1. The van der Waals surface area contributed by atoms with Crippen LogP contribution >= 0.6 is 0 Å². The number of benzene rings is 2. The van der Waals surface area contributed by atoms with Crippen molar-refractivity contribution in [2.24, 2.45) is 0 Å². The molecule has 6 nitrogen and oxygen atoms in total. The summed E-state index contributed by atoms with van der Waals surface area (Å²) in [6.45, 7) is 5.80. The molecule has 2 aromatic carbocycles. The lowest BCUT2D eigenvalue weighted by Gasteiger charge is -2.36. The number of aliphatic hydroxyl groups is 1. The first-order chi connectivity index (χ1) is 14.5. The number of aryl methyl sites for hydroxylation is 1. The number of rotatable bonds is 6. The highest BCUT2D eigenvalue weighted by Crippen LogP contribution is 2.22. The number of fused-ring (bicyclic) bond motifs is 1. The number of hydrogen-bond donors (Lipinski definition) is 1. The van der Waals surface area contributed by atoms with Gasteiger partial charge < -0.3 is 19.2 Å². The Morgan fingerprint density at radius 1 is 1.10 bits per heavy atom. The predicted molar refractivity (Wildman–Crippen MR) is 114 cm³/mol. The number of halogens is 1. The Morgan fingerprint density at radius 3 is 2.57 bits per heavy atom. The summed E-state index contributed by atoms with van der Waals surface area (Å²) in [5, 5.41) is 11.2. The number of ether oxygens (including phenoxy) is 1. The van der Waals surface area contributed by atoms with Crippen molar-refractivity contribution < 1.29 is 18.7 Å². The molecular weight excluding hydrogens is 387 g/mol. The Balaban J connectivity index is 1.27. The fourth-order valence-electron chi connectivity index (χ4n) is 3.78. The van der Waals surface area contributed by atoms with E-state index in [2.05, 4.69) is 9.80 Å². The minimum absolute atomic E-state index is 0.153. The van der Waals surface area contributed by atoms with E-state index in [4.69, 9.17) is 9.15 Å². The van der Waals surface area contributed by atoms with Crippen LogP contribution in [0, 0.1) is 12.7 Å². The third-order valence-electron chi connectivity index (χ3n) is 5.40. The predicted octanol–water partition coefficient (Wildman–Crippen LogP) is 2.80.